The summed E-state index contributed by atoms with van der Waals surface area (Å²) in [4.78, 5) is 26.5. The molecule has 0 saturated carbocycles. The predicted molar refractivity (Wildman–Crippen MR) is 147 cm³/mol. The molecule has 0 unspecified atom stereocenters. The Labute approximate surface area is 221 Å². The number of rotatable bonds is 8. The van der Waals surface area contributed by atoms with Gasteiger partial charge in [-0.25, -0.2) is 4.98 Å². The van der Waals surface area contributed by atoms with Gasteiger partial charge < -0.3 is 29.7 Å². The number of hydrogen-bond donors (Lipinski definition) is 1. The molecule has 1 aliphatic rings. The van der Waals surface area contributed by atoms with Crippen molar-refractivity contribution in [3.05, 3.63) is 77.9 Å². The number of para-hydroxylation sites is 1. The summed E-state index contributed by atoms with van der Waals surface area (Å²) in [6.07, 6.45) is 0.773. The highest BCUT2D eigenvalue weighted by Crippen LogP contribution is 2.34. The monoisotopic (exact) mass is 513 g/mol. The number of aromatic nitrogens is 2. The molecule has 2 N–H and O–H groups in total. The fourth-order valence-corrected chi connectivity index (χ4v) is 4.58. The average molecular weight is 514 g/mol. The maximum absolute atomic E-state index is 13.4. The Balaban J connectivity index is 1.25. The summed E-state index contributed by atoms with van der Waals surface area (Å²) < 4.78 is 16.8. The number of methoxy groups -OCH3 is 2. The smallest absolute Gasteiger partial charge is 0.257 e. The number of benzene rings is 3. The largest absolute Gasteiger partial charge is 0.493 e. The van der Waals surface area contributed by atoms with E-state index in [-0.39, 0.29) is 5.91 Å². The summed E-state index contributed by atoms with van der Waals surface area (Å²) in [5.41, 5.74) is 8.71. The summed E-state index contributed by atoms with van der Waals surface area (Å²) in [6, 6.07) is 21.2. The molecule has 5 rings (SSSR count). The second-order valence-electron chi connectivity index (χ2n) is 8.99. The maximum Gasteiger partial charge on any atom is 0.257 e. The summed E-state index contributed by atoms with van der Waals surface area (Å²) in [6.45, 7) is 2.73. The summed E-state index contributed by atoms with van der Waals surface area (Å²) in [7, 11) is 3.16. The van der Waals surface area contributed by atoms with Crippen LogP contribution in [0, 0.1) is 0 Å². The number of carbonyl (C=O) groups excluding carboxylic acids is 1. The van der Waals surface area contributed by atoms with Crippen molar-refractivity contribution >= 4 is 28.6 Å². The van der Waals surface area contributed by atoms with Gasteiger partial charge >= 0.3 is 0 Å². The number of nitrogens with two attached hydrogens (primary N) is 1. The molecule has 3 aromatic carbocycles. The van der Waals surface area contributed by atoms with E-state index >= 15 is 0 Å². The Morgan fingerprint density at radius 3 is 2.29 bits per heavy atom. The molecule has 1 saturated heterocycles. The Hall–Kier alpha value is -4.53. The lowest BCUT2D eigenvalue weighted by molar-refractivity contribution is 0.0742. The van der Waals surface area contributed by atoms with Crippen molar-refractivity contribution < 1.29 is 19.0 Å². The van der Waals surface area contributed by atoms with E-state index in [1.54, 1.807) is 26.4 Å². The topological polar surface area (TPSA) is 103 Å². The number of hydrogen-bond acceptors (Lipinski definition) is 8. The number of nitrogen functional groups attached to an aromatic ring is 1. The van der Waals surface area contributed by atoms with E-state index in [0.717, 1.165) is 6.42 Å². The van der Waals surface area contributed by atoms with Gasteiger partial charge in [0.25, 0.3) is 5.91 Å². The van der Waals surface area contributed by atoms with Gasteiger partial charge in [-0.2, -0.15) is 4.98 Å². The van der Waals surface area contributed by atoms with E-state index in [1.165, 1.54) is 5.56 Å². The van der Waals surface area contributed by atoms with E-state index in [9.17, 15) is 4.79 Å². The highest BCUT2D eigenvalue weighted by Gasteiger charge is 2.26. The molecule has 1 fully saturated rings. The van der Waals surface area contributed by atoms with E-state index < -0.39 is 0 Å². The molecule has 0 aliphatic carbocycles. The molecule has 1 amide bonds. The van der Waals surface area contributed by atoms with Crippen LogP contribution in [0.3, 0.4) is 0 Å². The number of fused-ring (bicyclic) bond motifs is 1. The van der Waals surface area contributed by atoms with Gasteiger partial charge in [0, 0.05) is 44.1 Å². The van der Waals surface area contributed by atoms with Gasteiger partial charge in [0.1, 0.15) is 11.6 Å². The minimum absolute atomic E-state index is 0.0456. The third-order valence-corrected chi connectivity index (χ3v) is 6.68. The van der Waals surface area contributed by atoms with Crippen LogP contribution in [-0.4, -0.2) is 67.8 Å². The van der Waals surface area contributed by atoms with Crippen molar-refractivity contribution in [1.29, 1.82) is 0 Å². The van der Waals surface area contributed by atoms with Crippen LogP contribution in [0.25, 0.3) is 10.9 Å². The van der Waals surface area contributed by atoms with Gasteiger partial charge in [-0.3, -0.25) is 4.79 Å². The zero-order chi connectivity index (χ0) is 26.5. The van der Waals surface area contributed by atoms with Crippen LogP contribution in [0.1, 0.15) is 15.9 Å². The summed E-state index contributed by atoms with van der Waals surface area (Å²) in [5, 5.41) is 0.698. The first-order chi connectivity index (χ1) is 18.6. The molecule has 1 aliphatic heterocycles. The third kappa shape index (κ3) is 5.27. The molecule has 4 aromatic rings. The first-order valence-electron chi connectivity index (χ1n) is 12.6. The highest BCUT2D eigenvalue weighted by atomic mass is 16.5. The van der Waals surface area contributed by atoms with Gasteiger partial charge in [-0.15, -0.1) is 0 Å². The lowest BCUT2D eigenvalue weighted by Gasteiger charge is -2.35. The zero-order valence-corrected chi connectivity index (χ0v) is 21.6. The van der Waals surface area contributed by atoms with Crippen LogP contribution < -0.4 is 24.8 Å². The second kappa shape index (κ2) is 11.2. The second-order valence-corrected chi connectivity index (χ2v) is 8.99. The fraction of sp³-hybridized carbons (Fsp3) is 0.276. The summed E-state index contributed by atoms with van der Waals surface area (Å²) in [5.74, 6) is 2.59. The number of amides is 1. The molecule has 0 bridgehead atoms. The van der Waals surface area contributed by atoms with Crippen molar-refractivity contribution in [3.63, 3.8) is 0 Å². The molecule has 0 radical (unpaired) electrons. The Kier molecular flexibility index (Phi) is 7.44. The molecule has 0 atom stereocenters. The van der Waals surface area contributed by atoms with E-state index in [4.69, 9.17) is 24.9 Å². The van der Waals surface area contributed by atoms with Crippen molar-refractivity contribution in [2.45, 2.75) is 6.42 Å². The molecule has 196 valence electrons. The van der Waals surface area contributed by atoms with Crippen molar-refractivity contribution in [2.75, 3.05) is 57.6 Å². The number of nitrogens with zero attached hydrogens (tertiary/aromatic N) is 4. The maximum atomic E-state index is 13.4. The Morgan fingerprint density at radius 1 is 0.868 bits per heavy atom. The fourth-order valence-electron chi connectivity index (χ4n) is 4.58. The van der Waals surface area contributed by atoms with Crippen molar-refractivity contribution in [3.8, 4) is 17.2 Å². The first kappa shape index (κ1) is 25.1. The van der Waals surface area contributed by atoms with Crippen LogP contribution in [0.4, 0.5) is 11.8 Å². The van der Waals surface area contributed by atoms with Gasteiger partial charge in [0.05, 0.1) is 31.9 Å². The molecule has 2 heterocycles. The Bertz CT molecular complexity index is 1420. The van der Waals surface area contributed by atoms with Gasteiger partial charge in [-0.05, 0) is 23.8 Å². The van der Waals surface area contributed by atoms with E-state index in [2.05, 4.69) is 17.1 Å². The lowest BCUT2D eigenvalue weighted by atomic mass is 10.1. The number of anilines is 2. The van der Waals surface area contributed by atoms with Crippen LogP contribution in [0.15, 0.2) is 66.7 Å². The standard InChI is InChI=1S/C29H31N5O4/c1-36-25-18-22-23(19-26(25)37-2)31-29(32-27(22)30)34-15-13-33(14-16-34)28(35)21-10-6-7-11-24(21)38-17-12-20-8-4-3-5-9-20/h3-11,18-19H,12-17H2,1-2H3,(H2,30,31,32). The molecular weight excluding hydrogens is 482 g/mol. The lowest BCUT2D eigenvalue weighted by Crippen LogP contribution is -2.49. The van der Waals surface area contributed by atoms with Crippen LogP contribution in [0.2, 0.25) is 0 Å². The van der Waals surface area contributed by atoms with Crippen molar-refractivity contribution in [1.82, 2.24) is 14.9 Å². The van der Waals surface area contributed by atoms with Crippen LogP contribution in [-0.2, 0) is 6.42 Å². The molecule has 38 heavy (non-hydrogen) atoms. The molecule has 9 nitrogen and oxygen atoms in total. The van der Waals surface area contributed by atoms with Gasteiger partial charge in [0.15, 0.2) is 11.5 Å². The van der Waals surface area contributed by atoms with E-state index in [1.807, 2.05) is 52.3 Å². The number of carbonyl (C=O) groups is 1. The molecular formula is C29H31N5O4. The third-order valence-electron chi connectivity index (χ3n) is 6.68. The first-order valence-corrected chi connectivity index (χ1v) is 12.6. The van der Waals surface area contributed by atoms with Gasteiger partial charge in [0.2, 0.25) is 5.95 Å². The SMILES string of the molecule is COc1cc2nc(N3CCN(C(=O)c4ccccc4OCCc4ccccc4)CC3)nc(N)c2cc1OC. The normalized spacial score (nSPS) is 13.4. The Morgan fingerprint density at radius 2 is 1.55 bits per heavy atom. The summed E-state index contributed by atoms with van der Waals surface area (Å²) >= 11 is 0. The predicted octanol–water partition coefficient (Wildman–Crippen LogP) is 3.81. The quantitative estimate of drug-likeness (QED) is 0.379. The highest BCUT2D eigenvalue weighted by molar-refractivity contribution is 5.97. The van der Waals surface area contributed by atoms with Crippen LogP contribution >= 0.6 is 0 Å². The number of piperazine rings is 1. The molecule has 0 spiro atoms. The number of ether oxygens (including phenoxy) is 3. The zero-order valence-electron chi connectivity index (χ0n) is 21.6. The van der Waals surface area contributed by atoms with Gasteiger partial charge in [-0.1, -0.05) is 42.5 Å². The van der Waals surface area contributed by atoms with Crippen molar-refractivity contribution in [2.24, 2.45) is 0 Å². The minimum Gasteiger partial charge on any atom is -0.493 e. The van der Waals surface area contributed by atoms with E-state index in [0.29, 0.717) is 78.3 Å². The molecule has 9 heteroatoms. The average Bonchev–Trinajstić information content (AvgIpc) is 2.97. The molecule has 1 aromatic heterocycles. The van der Waals surface area contributed by atoms with Crippen LogP contribution in [0.5, 0.6) is 17.2 Å². The minimum atomic E-state index is -0.0456.